The van der Waals surface area contributed by atoms with Crippen LogP contribution in [0, 0.1) is 0 Å². The summed E-state index contributed by atoms with van der Waals surface area (Å²) in [5.41, 5.74) is 2.37. The van der Waals surface area contributed by atoms with Crippen LogP contribution in [0.25, 0.3) is 0 Å². The van der Waals surface area contributed by atoms with Gasteiger partial charge in [0, 0.05) is 11.3 Å². The summed E-state index contributed by atoms with van der Waals surface area (Å²) in [6.07, 6.45) is 0.365. The van der Waals surface area contributed by atoms with Crippen molar-refractivity contribution in [1.29, 1.82) is 0 Å². The lowest BCUT2D eigenvalue weighted by atomic mass is 10.0. The molecule has 1 aliphatic heterocycles. The van der Waals surface area contributed by atoms with Gasteiger partial charge >= 0.3 is 0 Å². The summed E-state index contributed by atoms with van der Waals surface area (Å²) in [4.78, 5) is 23.1. The second-order valence-electron chi connectivity index (χ2n) is 3.97. The number of rotatable bonds is 3. The summed E-state index contributed by atoms with van der Waals surface area (Å²) < 4.78 is 0. The quantitative estimate of drug-likeness (QED) is 0.743. The summed E-state index contributed by atoms with van der Waals surface area (Å²) in [6.45, 7) is 1.82. The zero-order valence-electron chi connectivity index (χ0n) is 9.33. The van der Waals surface area contributed by atoms with Crippen LogP contribution in [0.3, 0.4) is 0 Å². The Hall–Kier alpha value is -1.68. The van der Waals surface area contributed by atoms with Gasteiger partial charge in [-0.05, 0) is 37.7 Å². The minimum atomic E-state index is -0.205. The minimum absolute atomic E-state index is 0.0127. The maximum atomic E-state index is 11.9. The molecule has 1 aliphatic rings. The van der Waals surface area contributed by atoms with Crippen molar-refractivity contribution in [3.8, 4) is 0 Å². The average Bonchev–Trinajstić information content (AvgIpc) is 2.65. The molecular formula is C12H14N2O2. The topological polar surface area (TPSA) is 58.2 Å². The molecule has 4 heteroatoms. The van der Waals surface area contributed by atoms with Crippen LogP contribution in [0.2, 0.25) is 0 Å². The van der Waals surface area contributed by atoms with Gasteiger partial charge in [0.05, 0.1) is 12.5 Å². The molecule has 0 bridgehead atoms. The van der Waals surface area contributed by atoms with Gasteiger partial charge in [0.15, 0.2) is 5.78 Å². The largest absolute Gasteiger partial charge is 0.326 e. The Morgan fingerprint density at radius 3 is 2.94 bits per heavy atom. The molecule has 1 unspecified atom stereocenters. The van der Waals surface area contributed by atoms with E-state index in [0.29, 0.717) is 12.0 Å². The molecule has 1 amide bonds. The number of hydrogen-bond acceptors (Lipinski definition) is 3. The third-order valence-electron chi connectivity index (χ3n) is 2.84. The van der Waals surface area contributed by atoms with E-state index in [1.54, 1.807) is 25.2 Å². The summed E-state index contributed by atoms with van der Waals surface area (Å²) >= 11 is 0. The highest BCUT2D eigenvalue weighted by atomic mass is 16.1. The summed E-state index contributed by atoms with van der Waals surface area (Å²) in [5, 5.41) is 5.65. The van der Waals surface area contributed by atoms with E-state index < -0.39 is 0 Å². The van der Waals surface area contributed by atoms with E-state index >= 15 is 0 Å². The molecule has 0 saturated carbocycles. The van der Waals surface area contributed by atoms with Gasteiger partial charge in [0.1, 0.15) is 0 Å². The standard InChI is InChI=1S/C12H14N2O2/c1-7(13-2)12(16)8-3-4-10-9(5-8)6-11(15)14-10/h3-5,7,13H,6H2,1-2H3,(H,14,15). The normalized spacial score (nSPS) is 15.5. The molecule has 2 rings (SSSR count). The molecule has 0 fully saturated rings. The Morgan fingerprint density at radius 1 is 1.50 bits per heavy atom. The predicted octanol–water partition coefficient (Wildman–Crippen LogP) is 0.972. The SMILES string of the molecule is CNC(C)C(=O)c1ccc2c(c1)CC(=O)N2. The molecule has 0 aromatic heterocycles. The van der Waals surface area contributed by atoms with Gasteiger partial charge in [0.2, 0.25) is 5.91 Å². The number of carbonyl (C=O) groups is 2. The lowest BCUT2D eigenvalue weighted by molar-refractivity contribution is -0.115. The van der Waals surface area contributed by atoms with Crippen LogP contribution in [0.4, 0.5) is 5.69 Å². The molecular weight excluding hydrogens is 204 g/mol. The first-order valence-corrected chi connectivity index (χ1v) is 5.26. The highest BCUT2D eigenvalue weighted by Gasteiger charge is 2.20. The number of hydrogen-bond donors (Lipinski definition) is 2. The Labute approximate surface area is 94.0 Å². The first kappa shape index (κ1) is 10.8. The van der Waals surface area contributed by atoms with E-state index in [4.69, 9.17) is 0 Å². The van der Waals surface area contributed by atoms with Crippen LogP contribution in [-0.2, 0) is 11.2 Å². The zero-order chi connectivity index (χ0) is 11.7. The number of Topliss-reactive ketones (excluding diaryl/α,β-unsaturated/α-hetero) is 1. The molecule has 0 aliphatic carbocycles. The molecule has 16 heavy (non-hydrogen) atoms. The fourth-order valence-electron chi connectivity index (χ4n) is 1.76. The molecule has 1 aromatic carbocycles. The molecule has 0 saturated heterocycles. The average molecular weight is 218 g/mol. The highest BCUT2D eigenvalue weighted by molar-refractivity contribution is 6.03. The molecule has 4 nitrogen and oxygen atoms in total. The smallest absolute Gasteiger partial charge is 0.228 e. The van der Waals surface area contributed by atoms with Gasteiger partial charge in [0.25, 0.3) is 0 Å². The van der Waals surface area contributed by atoms with Crippen molar-refractivity contribution < 1.29 is 9.59 Å². The number of benzene rings is 1. The van der Waals surface area contributed by atoms with Gasteiger partial charge in [-0.2, -0.15) is 0 Å². The Bertz CT molecular complexity index is 454. The number of fused-ring (bicyclic) bond motifs is 1. The number of carbonyl (C=O) groups excluding carboxylic acids is 2. The van der Waals surface area contributed by atoms with Gasteiger partial charge in [-0.3, -0.25) is 9.59 Å². The number of nitrogens with one attached hydrogen (secondary N) is 2. The fourth-order valence-corrected chi connectivity index (χ4v) is 1.76. The van der Waals surface area contributed by atoms with Crippen molar-refractivity contribution in [2.45, 2.75) is 19.4 Å². The lowest BCUT2D eigenvalue weighted by Crippen LogP contribution is -2.30. The second kappa shape index (κ2) is 4.06. The van der Waals surface area contributed by atoms with Gasteiger partial charge < -0.3 is 10.6 Å². The van der Waals surface area contributed by atoms with Crippen molar-refractivity contribution >= 4 is 17.4 Å². The Balaban J connectivity index is 2.29. The monoisotopic (exact) mass is 218 g/mol. The third-order valence-corrected chi connectivity index (χ3v) is 2.84. The minimum Gasteiger partial charge on any atom is -0.326 e. The van der Waals surface area contributed by atoms with Crippen molar-refractivity contribution in [2.24, 2.45) is 0 Å². The van der Waals surface area contributed by atoms with Crippen molar-refractivity contribution in [2.75, 3.05) is 12.4 Å². The van der Waals surface area contributed by atoms with E-state index in [0.717, 1.165) is 11.3 Å². The first-order valence-electron chi connectivity index (χ1n) is 5.26. The summed E-state index contributed by atoms with van der Waals surface area (Å²) in [5.74, 6) is 0.0333. The van der Waals surface area contributed by atoms with Crippen LogP contribution in [-0.4, -0.2) is 24.8 Å². The number of anilines is 1. The molecule has 0 radical (unpaired) electrons. The van der Waals surface area contributed by atoms with Gasteiger partial charge in [-0.15, -0.1) is 0 Å². The van der Waals surface area contributed by atoms with E-state index in [-0.39, 0.29) is 17.7 Å². The van der Waals surface area contributed by atoms with Crippen LogP contribution in [0.15, 0.2) is 18.2 Å². The van der Waals surface area contributed by atoms with E-state index in [9.17, 15) is 9.59 Å². The van der Waals surface area contributed by atoms with E-state index in [2.05, 4.69) is 10.6 Å². The number of likely N-dealkylation sites (N-methyl/N-ethyl adjacent to an activating group) is 1. The third kappa shape index (κ3) is 1.84. The molecule has 0 spiro atoms. The Kier molecular flexibility index (Phi) is 2.75. The van der Waals surface area contributed by atoms with Gasteiger partial charge in [-0.1, -0.05) is 0 Å². The van der Waals surface area contributed by atoms with E-state index in [1.165, 1.54) is 0 Å². The fraction of sp³-hybridized carbons (Fsp3) is 0.333. The molecule has 1 heterocycles. The van der Waals surface area contributed by atoms with Crippen molar-refractivity contribution in [1.82, 2.24) is 5.32 Å². The van der Waals surface area contributed by atoms with Crippen LogP contribution >= 0.6 is 0 Å². The van der Waals surface area contributed by atoms with Crippen LogP contribution in [0.5, 0.6) is 0 Å². The maximum Gasteiger partial charge on any atom is 0.228 e. The number of ketones is 1. The molecule has 1 atom stereocenters. The molecule has 84 valence electrons. The Morgan fingerprint density at radius 2 is 2.25 bits per heavy atom. The summed E-state index contributed by atoms with van der Waals surface area (Å²) in [6, 6.07) is 5.13. The number of amides is 1. The predicted molar refractivity (Wildman–Crippen MR) is 61.6 cm³/mol. The van der Waals surface area contributed by atoms with Crippen LogP contribution < -0.4 is 10.6 Å². The van der Waals surface area contributed by atoms with E-state index in [1.807, 2.05) is 6.92 Å². The molecule has 2 N–H and O–H groups in total. The van der Waals surface area contributed by atoms with Crippen LogP contribution in [0.1, 0.15) is 22.8 Å². The second-order valence-corrected chi connectivity index (χ2v) is 3.97. The maximum absolute atomic E-state index is 11.9. The zero-order valence-corrected chi connectivity index (χ0v) is 9.33. The summed E-state index contributed by atoms with van der Waals surface area (Å²) in [7, 11) is 1.75. The highest BCUT2D eigenvalue weighted by Crippen LogP contribution is 2.24. The van der Waals surface area contributed by atoms with Gasteiger partial charge in [-0.25, -0.2) is 0 Å². The van der Waals surface area contributed by atoms with Crippen molar-refractivity contribution in [3.63, 3.8) is 0 Å². The molecule has 1 aromatic rings. The lowest BCUT2D eigenvalue weighted by Gasteiger charge is -2.09. The van der Waals surface area contributed by atoms with Crippen molar-refractivity contribution in [3.05, 3.63) is 29.3 Å². The first-order chi connectivity index (χ1) is 7.61.